The average Bonchev–Trinajstić information content (AvgIpc) is 2.86. The van der Waals surface area contributed by atoms with Gasteiger partial charge in [0.1, 0.15) is 5.52 Å². The molecule has 5 nitrogen and oxygen atoms in total. The molecule has 0 saturated heterocycles. The summed E-state index contributed by atoms with van der Waals surface area (Å²) in [5, 5.41) is 11.7. The van der Waals surface area contributed by atoms with Crippen LogP contribution in [-0.2, 0) is 0 Å². The van der Waals surface area contributed by atoms with Crippen molar-refractivity contribution in [1.82, 2.24) is 20.4 Å². The number of H-pyrrole nitrogens is 2. The van der Waals surface area contributed by atoms with Gasteiger partial charge in [-0.2, -0.15) is 0 Å². The van der Waals surface area contributed by atoms with Crippen molar-refractivity contribution in [3.8, 4) is 5.82 Å². The molecule has 0 unspecified atom stereocenters. The van der Waals surface area contributed by atoms with Gasteiger partial charge < -0.3 is 0 Å². The Labute approximate surface area is 79.4 Å². The summed E-state index contributed by atoms with van der Waals surface area (Å²) < 4.78 is 0. The average molecular weight is 186 g/mol. The molecule has 2 aromatic heterocycles. The molecule has 14 heavy (non-hydrogen) atoms. The Hall–Kier alpha value is -2.17. The molecule has 0 aliphatic heterocycles. The summed E-state index contributed by atoms with van der Waals surface area (Å²) in [6.07, 6.45) is 1.46. The van der Waals surface area contributed by atoms with Crippen LogP contribution < -0.4 is 4.80 Å². The lowest BCUT2D eigenvalue weighted by atomic mass is 10.2. The standard InChI is InChI=1S/C9H7N5/c1-2-4-8-7(3-1)5-9(12-8)14-11-6-10-13-14/h1-6,12H/p+1. The van der Waals surface area contributed by atoms with Crippen molar-refractivity contribution in [3.63, 3.8) is 0 Å². The molecule has 0 spiro atoms. The highest BCUT2D eigenvalue weighted by atomic mass is 15.6. The third kappa shape index (κ3) is 0.990. The van der Waals surface area contributed by atoms with Crippen LogP contribution in [0.3, 0.4) is 0 Å². The predicted molar refractivity (Wildman–Crippen MR) is 49.8 cm³/mol. The first-order chi connectivity index (χ1) is 6.93. The van der Waals surface area contributed by atoms with E-state index in [-0.39, 0.29) is 0 Å². The maximum absolute atomic E-state index is 4.00. The summed E-state index contributed by atoms with van der Waals surface area (Å²) in [5.74, 6) is 0.878. The normalized spacial score (nSPS) is 10.9. The summed E-state index contributed by atoms with van der Waals surface area (Å²) >= 11 is 0. The van der Waals surface area contributed by atoms with E-state index in [1.165, 1.54) is 6.33 Å². The summed E-state index contributed by atoms with van der Waals surface area (Å²) in [6, 6.07) is 10.1. The maximum atomic E-state index is 4.00. The Morgan fingerprint density at radius 1 is 1.21 bits per heavy atom. The van der Waals surface area contributed by atoms with Gasteiger partial charge in [0.15, 0.2) is 0 Å². The number of rotatable bonds is 1. The molecule has 2 heterocycles. The van der Waals surface area contributed by atoms with Gasteiger partial charge in [0.05, 0.1) is 0 Å². The second kappa shape index (κ2) is 2.66. The van der Waals surface area contributed by atoms with E-state index in [1.54, 1.807) is 4.80 Å². The molecule has 3 aromatic rings. The fourth-order valence-corrected chi connectivity index (χ4v) is 1.47. The van der Waals surface area contributed by atoms with Crippen LogP contribution in [0.1, 0.15) is 0 Å². The van der Waals surface area contributed by atoms with Gasteiger partial charge in [0.25, 0.3) is 12.1 Å². The van der Waals surface area contributed by atoms with Gasteiger partial charge in [-0.25, -0.2) is 0 Å². The predicted octanol–water partition coefficient (Wildman–Crippen LogP) is 0.563. The van der Waals surface area contributed by atoms with Gasteiger partial charge >= 0.3 is 0 Å². The SMILES string of the molecule is c1ccc2[nH]c(-[n+]3ncn[nH]3)cc2c1. The Morgan fingerprint density at radius 3 is 2.93 bits per heavy atom. The number of nitrogens with zero attached hydrogens (tertiary/aromatic N) is 3. The summed E-state index contributed by atoms with van der Waals surface area (Å²) in [4.78, 5) is 4.81. The van der Waals surface area contributed by atoms with Crippen LogP contribution >= 0.6 is 0 Å². The molecule has 3 rings (SSSR count). The van der Waals surface area contributed by atoms with E-state index in [0.29, 0.717) is 0 Å². The van der Waals surface area contributed by atoms with Gasteiger partial charge in [-0.1, -0.05) is 28.5 Å². The van der Waals surface area contributed by atoms with Crippen LogP contribution in [0.25, 0.3) is 16.7 Å². The Balaban J connectivity index is 2.24. The minimum absolute atomic E-state index is 0.878. The van der Waals surface area contributed by atoms with Gasteiger partial charge in [0, 0.05) is 11.5 Å². The molecular weight excluding hydrogens is 178 g/mol. The Morgan fingerprint density at radius 2 is 2.14 bits per heavy atom. The van der Waals surface area contributed by atoms with E-state index < -0.39 is 0 Å². The van der Waals surface area contributed by atoms with E-state index in [9.17, 15) is 0 Å². The quantitative estimate of drug-likeness (QED) is 0.545. The minimum atomic E-state index is 0.878. The second-order valence-electron chi connectivity index (χ2n) is 3.01. The highest BCUT2D eigenvalue weighted by Crippen LogP contribution is 2.13. The number of hydrogen-bond acceptors (Lipinski definition) is 2. The number of hydrogen-bond donors (Lipinski definition) is 2. The number of aromatic nitrogens is 5. The van der Waals surface area contributed by atoms with Gasteiger partial charge in [0.2, 0.25) is 0 Å². The first kappa shape index (κ1) is 7.25. The van der Waals surface area contributed by atoms with E-state index in [1.807, 2.05) is 30.3 Å². The van der Waals surface area contributed by atoms with Crippen LogP contribution in [0, 0.1) is 0 Å². The van der Waals surface area contributed by atoms with Crippen molar-refractivity contribution in [1.29, 1.82) is 0 Å². The molecule has 0 radical (unpaired) electrons. The topological polar surface area (TPSA) is 61.2 Å². The summed E-state index contributed by atoms with van der Waals surface area (Å²) in [7, 11) is 0. The monoisotopic (exact) mass is 186 g/mol. The molecule has 0 aliphatic carbocycles. The second-order valence-corrected chi connectivity index (χ2v) is 3.01. The number of tetrazole rings is 1. The number of para-hydroxylation sites is 1. The van der Waals surface area contributed by atoms with Crippen LogP contribution in [0.2, 0.25) is 0 Å². The van der Waals surface area contributed by atoms with Crippen molar-refractivity contribution in [3.05, 3.63) is 36.7 Å². The first-order valence-electron chi connectivity index (χ1n) is 4.29. The molecule has 0 bridgehead atoms. The molecule has 0 saturated carbocycles. The molecule has 5 heteroatoms. The van der Waals surface area contributed by atoms with Crippen molar-refractivity contribution < 1.29 is 4.80 Å². The third-order valence-corrected chi connectivity index (χ3v) is 2.12. The molecular formula is C9H8N5+. The number of fused-ring (bicyclic) bond motifs is 1. The Bertz CT molecular complexity index is 518. The van der Waals surface area contributed by atoms with E-state index in [2.05, 4.69) is 20.4 Å². The van der Waals surface area contributed by atoms with Crippen molar-refractivity contribution in [2.75, 3.05) is 0 Å². The van der Waals surface area contributed by atoms with E-state index in [4.69, 9.17) is 0 Å². The van der Waals surface area contributed by atoms with Crippen molar-refractivity contribution in [2.24, 2.45) is 0 Å². The smallest absolute Gasteiger partial charge is 0.269 e. The molecule has 0 aliphatic rings. The zero-order chi connectivity index (χ0) is 9.38. The molecule has 1 aromatic carbocycles. The van der Waals surface area contributed by atoms with Gasteiger partial charge in [-0.05, 0) is 16.0 Å². The lowest BCUT2D eigenvalue weighted by Gasteiger charge is -1.82. The zero-order valence-electron chi connectivity index (χ0n) is 7.31. The maximum Gasteiger partial charge on any atom is 0.271 e. The summed E-state index contributed by atoms with van der Waals surface area (Å²) in [5.41, 5.74) is 1.09. The van der Waals surface area contributed by atoms with Crippen LogP contribution in [0.5, 0.6) is 0 Å². The number of aromatic amines is 2. The number of benzene rings is 1. The van der Waals surface area contributed by atoms with Gasteiger partial charge in [-0.15, -0.1) is 0 Å². The minimum Gasteiger partial charge on any atom is -0.269 e. The lowest BCUT2D eigenvalue weighted by Crippen LogP contribution is -2.36. The molecule has 2 N–H and O–H groups in total. The molecule has 68 valence electrons. The lowest BCUT2D eigenvalue weighted by molar-refractivity contribution is -0.719. The molecule has 0 amide bonds. The van der Waals surface area contributed by atoms with Crippen LogP contribution in [-0.4, -0.2) is 20.4 Å². The Kier molecular flexibility index (Phi) is 1.38. The molecule has 0 atom stereocenters. The number of nitrogens with one attached hydrogen (secondary N) is 2. The zero-order valence-corrected chi connectivity index (χ0v) is 7.31. The fourth-order valence-electron chi connectivity index (χ4n) is 1.47. The van der Waals surface area contributed by atoms with Crippen LogP contribution in [0.4, 0.5) is 0 Å². The molecule has 0 fully saturated rings. The highest BCUT2D eigenvalue weighted by molar-refractivity contribution is 5.81. The van der Waals surface area contributed by atoms with Crippen LogP contribution in [0.15, 0.2) is 36.7 Å². The van der Waals surface area contributed by atoms with E-state index in [0.717, 1.165) is 16.7 Å². The third-order valence-electron chi connectivity index (χ3n) is 2.12. The van der Waals surface area contributed by atoms with Crippen molar-refractivity contribution >= 4 is 10.9 Å². The first-order valence-corrected chi connectivity index (χ1v) is 4.29. The van der Waals surface area contributed by atoms with Crippen molar-refractivity contribution in [2.45, 2.75) is 0 Å². The fraction of sp³-hybridized carbons (Fsp3) is 0. The summed E-state index contributed by atoms with van der Waals surface area (Å²) in [6.45, 7) is 0. The van der Waals surface area contributed by atoms with E-state index >= 15 is 0 Å². The largest absolute Gasteiger partial charge is 0.271 e. The van der Waals surface area contributed by atoms with Gasteiger partial charge in [-0.3, -0.25) is 4.98 Å². The highest BCUT2D eigenvalue weighted by Gasteiger charge is 2.08.